The Morgan fingerprint density at radius 2 is 1.92 bits per heavy atom. The summed E-state index contributed by atoms with van der Waals surface area (Å²) in [5, 5.41) is 0. The van der Waals surface area contributed by atoms with Gasteiger partial charge in [0.1, 0.15) is 0 Å². The van der Waals surface area contributed by atoms with E-state index in [9.17, 15) is 0 Å². The number of thioether (sulfide) groups is 1. The van der Waals surface area contributed by atoms with E-state index in [1.54, 1.807) is 0 Å². The van der Waals surface area contributed by atoms with E-state index < -0.39 is 0 Å². The lowest BCUT2D eigenvalue weighted by Crippen LogP contribution is -1.85. The second kappa shape index (κ2) is 5.13. The first-order valence-electron chi connectivity index (χ1n) is 4.57. The molecule has 0 aliphatic rings. The van der Waals surface area contributed by atoms with E-state index in [2.05, 4.69) is 44.7 Å². The minimum absolute atomic E-state index is 0.624. The third-order valence-corrected chi connectivity index (χ3v) is 2.92. The molecule has 0 N–H and O–H groups in total. The van der Waals surface area contributed by atoms with Gasteiger partial charge < -0.3 is 0 Å². The first kappa shape index (κ1) is 10.4. The van der Waals surface area contributed by atoms with Gasteiger partial charge in [-0.1, -0.05) is 32.1 Å². The van der Waals surface area contributed by atoms with Crippen molar-refractivity contribution in [3.63, 3.8) is 0 Å². The monoisotopic (exact) mass is 192 g/mol. The number of rotatable bonds is 4. The molecule has 1 rings (SSSR count). The predicted molar refractivity (Wildman–Crippen MR) is 61.5 cm³/mol. The van der Waals surface area contributed by atoms with E-state index >= 15 is 0 Å². The predicted octanol–water partition coefficient (Wildman–Crippen LogP) is 4.09. The molecule has 0 nitrogen and oxygen atoms in total. The van der Waals surface area contributed by atoms with Crippen LogP contribution in [0.3, 0.4) is 0 Å². The minimum atomic E-state index is 0.624. The van der Waals surface area contributed by atoms with Crippen LogP contribution in [0.25, 0.3) is 0 Å². The standard InChI is InChI=1S/C12H16S/c1-4-9-13-12-7-5-11(6-8-12)10(2)3/h4-8,10H,1,9H2,2-3H3. The van der Waals surface area contributed by atoms with Gasteiger partial charge in [-0.25, -0.2) is 0 Å². The van der Waals surface area contributed by atoms with Gasteiger partial charge in [0.25, 0.3) is 0 Å². The highest BCUT2D eigenvalue weighted by Crippen LogP contribution is 2.21. The van der Waals surface area contributed by atoms with E-state index in [0.717, 1.165) is 5.75 Å². The van der Waals surface area contributed by atoms with Crippen molar-refractivity contribution in [1.82, 2.24) is 0 Å². The zero-order valence-corrected chi connectivity index (χ0v) is 9.10. The highest BCUT2D eigenvalue weighted by Gasteiger charge is 1.98. The second-order valence-electron chi connectivity index (χ2n) is 3.32. The summed E-state index contributed by atoms with van der Waals surface area (Å²) in [5.74, 6) is 1.61. The number of benzene rings is 1. The molecule has 1 aromatic carbocycles. The van der Waals surface area contributed by atoms with Gasteiger partial charge >= 0.3 is 0 Å². The molecule has 0 atom stereocenters. The Morgan fingerprint density at radius 1 is 1.31 bits per heavy atom. The van der Waals surface area contributed by atoms with Crippen LogP contribution in [0.1, 0.15) is 25.3 Å². The Bertz CT molecular complexity index is 259. The van der Waals surface area contributed by atoms with Gasteiger partial charge in [-0.05, 0) is 23.6 Å². The van der Waals surface area contributed by atoms with Gasteiger partial charge in [0, 0.05) is 10.6 Å². The molecule has 0 aliphatic heterocycles. The Morgan fingerprint density at radius 3 is 2.38 bits per heavy atom. The smallest absolute Gasteiger partial charge is 0.0158 e. The Labute approximate surface area is 85.1 Å². The number of hydrogen-bond donors (Lipinski definition) is 0. The van der Waals surface area contributed by atoms with Crippen LogP contribution in [0.5, 0.6) is 0 Å². The average Bonchev–Trinajstić information content (AvgIpc) is 2.15. The molecule has 0 fully saturated rings. The third kappa shape index (κ3) is 3.27. The van der Waals surface area contributed by atoms with E-state index in [0.29, 0.717) is 5.92 Å². The lowest BCUT2D eigenvalue weighted by Gasteiger charge is -2.05. The first-order valence-corrected chi connectivity index (χ1v) is 5.56. The van der Waals surface area contributed by atoms with Gasteiger partial charge in [0.05, 0.1) is 0 Å². The summed E-state index contributed by atoms with van der Waals surface area (Å²) in [5.41, 5.74) is 1.41. The van der Waals surface area contributed by atoms with Crippen LogP contribution in [0.15, 0.2) is 41.8 Å². The zero-order valence-electron chi connectivity index (χ0n) is 8.29. The van der Waals surface area contributed by atoms with Gasteiger partial charge in [-0.3, -0.25) is 0 Å². The Kier molecular flexibility index (Phi) is 4.10. The van der Waals surface area contributed by atoms with Crippen molar-refractivity contribution in [2.45, 2.75) is 24.7 Å². The van der Waals surface area contributed by atoms with E-state index in [4.69, 9.17) is 0 Å². The first-order chi connectivity index (χ1) is 6.24. The van der Waals surface area contributed by atoms with Crippen molar-refractivity contribution >= 4 is 11.8 Å². The van der Waals surface area contributed by atoms with Crippen LogP contribution < -0.4 is 0 Å². The van der Waals surface area contributed by atoms with Gasteiger partial charge in [-0.15, -0.1) is 18.3 Å². The molecule has 1 heteroatoms. The van der Waals surface area contributed by atoms with Crippen molar-refractivity contribution < 1.29 is 0 Å². The van der Waals surface area contributed by atoms with E-state index in [1.165, 1.54) is 10.5 Å². The maximum absolute atomic E-state index is 3.70. The minimum Gasteiger partial charge on any atom is -0.122 e. The summed E-state index contributed by atoms with van der Waals surface area (Å²) in [4.78, 5) is 1.32. The van der Waals surface area contributed by atoms with Crippen molar-refractivity contribution in [1.29, 1.82) is 0 Å². The van der Waals surface area contributed by atoms with Crippen LogP contribution in [0.4, 0.5) is 0 Å². The largest absolute Gasteiger partial charge is 0.122 e. The van der Waals surface area contributed by atoms with Crippen LogP contribution >= 0.6 is 11.8 Å². The zero-order chi connectivity index (χ0) is 9.68. The number of hydrogen-bond acceptors (Lipinski definition) is 1. The molecule has 13 heavy (non-hydrogen) atoms. The molecule has 0 bridgehead atoms. The lowest BCUT2D eigenvalue weighted by molar-refractivity contribution is 0.865. The Hall–Kier alpha value is -0.690. The summed E-state index contributed by atoms with van der Waals surface area (Å²) in [6.07, 6.45) is 1.93. The fourth-order valence-corrected chi connectivity index (χ4v) is 1.74. The summed E-state index contributed by atoms with van der Waals surface area (Å²) >= 11 is 1.82. The van der Waals surface area contributed by atoms with Gasteiger partial charge in [0.15, 0.2) is 0 Å². The summed E-state index contributed by atoms with van der Waals surface area (Å²) in [7, 11) is 0. The maximum atomic E-state index is 3.70. The van der Waals surface area contributed by atoms with Crippen LogP contribution in [0, 0.1) is 0 Å². The molecular weight excluding hydrogens is 176 g/mol. The van der Waals surface area contributed by atoms with E-state index in [-0.39, 0.29) is 0 Å². The van der Waals surface area contributed by atoms with E-state index in [1.807, 2.05) is 17.8 Å². The third-order valence-electron chi connectivity index (χ3n) is 1.91. The van der Waals surface area contributed by atoms with Crippen LogP contribution in [-0.2, 0) is 0 Å². The molecule has 0 amide bonds. The molecule has 0 aliphatic carbocycles. The highest BCUT2D eigenvalue weighted by atomic mass is 32.2. The van der Waals surface area contributed by atoms with Crippen molar-refractivity contribution in [3.8, 4) is 0 Å². The Balaban J connectivity index is 2.64. The normalized spacial score (nSPS) is 10.4. The fraction of sp³-hybridized carbons (Fsp3) is 0.333. The molecule has 0 spiro atoms. The van der Waals surface area contributed by atoms with Gasteiger partial charge in [0.2, 0.25) is 0 Å². The lowest BCUT2D eigenvalue weighted by atomic mass is 10.0. The molecular formula is C12H16S. The molecule has 0 saturated heterocycles. The van der Waals surface area contributed by atoms with Gasteiger partial charge in [-0.2, -0.15) is 0 Å². The van der Waals surface area contributed by atoms with Crippen molar-refractivity contribution in [2.75, 3.05) is 5.75 Å². The molecule has 0 heterocycles. The fourth-order valence-electron chi connectivity index (χ4n) is 1.10. The maximum Gasteiger partial charge on any atom is 0.0158 e. The summed E-state index contributed by atoms with van der Waals surface area (Å²) < 4.78 is 0. The van der Waals surface area contributed by atoms with Crippen LogP contribution in [-0.4, -0.2) is 5.75 Å². The van der Waals surface area contributed by atoms with Crippen molar-refractivity contribution in [3.05, 3.63) is 42.5 Å². The summed E-state index contributed by atoms with van der Waals surface area (Å²) in [6, 6.07) is 8.78. The molecule has 0 aromatic heterocycles. The summed E-state index contributed by atoms with van der Waals surface area (Å²) in [6.45, 7) is 8.13. The quantitative estimate of drug-likeness (QED) is 0.511. The molecule has 0 radical (unpaired) electrons. The highest BCUT2D eigenvalue weighted by molar-refractivity contribution is 7.99. The second-order valence-corrected chi connectivity index (χ2v) is 4.42. The molecule has 70 valence electrons. The molecule has 0 unspecified atom stereocenters. The van der Waals surface area contributed by atoms with Crippen LogP contribution in [0.2, 0.25) is 0 Å². The molecule has 0 saturated carbocycles. The SMILES string of the molecule is C=CCSc1ccc(C(C)C)cc1. The molecule has 1 aromatic rings. The van der Waals surface area contributed by atoms with Crippen molar-refractivity contribution in [2.24, 2.45) is 0 Å². The average molecular weight is 192 g/mol. The topological polar surface area (TPSA) is 0 Å².